The van der Waals surface area contributed by atoms with Crippen LogP contribution in [0, 0.1) is 5.92 Å². The molecule has 4 N–H and O–H groups in total. The fraction of sp³-hybridized carbons (Fsp3) is 0.320. The maximum Gasteiger partial charge on any atom is 0.352 e. The number of nitrogens with zero attached hydrogens (tertiary/aromatic N) is 2. The summed E-state index contributed by atoms with van der Waals surface area (Å²) in [6, 6.07) is 11.5. The van der Waals surface area contributed by atoms with Gasteiger partial charge in [-0.2, -0.15) is 0 Å². The molecule has 2 heterocycles. The van der Waals surface area contributed by atoms with E-state index in [0.29, 0.717) is 28.8 Å². The molecule has 1 aliphatic heterocycles. The minimum absolute atomic E-state index is 0.00963. The third kappa shape index (κ3) is 6.30. The number of hydrogen-bond donors (Lipinski definition) is 4. The van der Waals surface area contributed by atoms with E-state index in [-0.39, 0.29) is 31.0 Å². The molecule has 2 aromatic rings. The Morgan fingerprint density at radius 2 is 1.97 bits per heavy atom. The molecule has 2 amide bonds. The Morgan fingerprint density at radius 1 is 1.20 bits per heavy atom. The average molecular weight is 481 g/mol. The predicted octanol–water partition coefficient (Wildman–Crippen LogP) is 1.07. The summed E-state index contributed by atoms with van der Waals surface area (Å²) in [6.07, 6.45) is 1.51. The summed E-state index contributed by atoms with van der Waals surface area (Å²) in [7, 11) is 1.59. The second kappa shape index (κ2) is 11.4. The largest absolute Gasteiger partial charge is 0.477 e. The zero-order valence-corrected chi connectivity index (χ0v) is 19.5. The number of aliphatic carboxylic acids is 1. The van der Waals surface area contributed by atoms with Crippen molar-refractivity contribution in [2.75, 3.05) is 18.9 Å². The van der Waals surface area contributed by atoms with Gasteiger partial charge in [0.05, 0.1) is 25.0 Å². The summed E-state index contributed by atoms with van der Waals surface area (Å²) in [4.78, 5) is 53.5. The summed E-state index contributed by atoms with van der Waals surface area (Å²) >= 11 is 0. The lowest BCUT2D eigenvalue weighted by atomic mass is 9.90. The van der Waals surface area contributed by atoms with Gasteiger partial charge in [0.1, 0.15) is 17.8 Å². The van der Waals surface area contributed by atoms with Crippen molar-refractivity contribution in [1.29, 1.82) is 0 Å². The lowest BCUT2D eigenvalue weighted by Gasteiger charge is -2.29. The molecule has 0 saturated heterocycles. The number of carboxylic acids is 1. The number of anilines is 1. The molecule has 0 saturated carbocycles. The van der Waals surface area contributed by atoms with Crippen molar-refractivity contribution >= 4 is 35.5 Å². The Morgan fingerprint density at radius 3 is 2.60 bits per heavy atom. The number of aldehydes is 1. The SMILES string of the molecule is C[C@@H](O)[C@@H](C=O)[C@H]1CC(c2cccc(CC(=O)NCC(=O)Nc3ccccn3)c2)=C(C(=O)O)N1C. The van der Waals surface area contributed by atoms with Crippen LogP contribution in [0.5, 0.6) is 0 Å². The van der Waals surface area contributed by atoms with Crippen molar-refractivity contribution in [2.45, 2.75) is 31.9 Å². The minimum atomic E-state index is -1.14. The Hall–Kier alpha value is -4.05. The van der Waals surface area contributed by atoms with Crippen molar-refractivity contribution in [2.24, 2.45) is 5.92 Å². The number of aliphatic hydroxyl groups is 1. The van der Waals surface area contributed by atoms with E-state index in [1.807, 2.05) is 0 Å². The molecule has 1 aromatic carbocycles. The van der Waals surface area contributed by atoms with Gasteiger partial charge in [-0.1, -0.05) is 30.3 Å². The molecule has 1 aliphatic rings. The molecule has 3 atom stereocenters. The minimum Gasteiger partial charge on any atom is -0.477 e. The van der Waals surface area contributed by atoms with Crippen molar-refractivity contribution in [3.8, 4) is 0 Å². The van der Waals surface area contributed by atoms with E-state index in [1.54, 1.807) is 55.7 Å². The third-order valence-corrected chi connectivity index (χ3v) is 5.93. The molecule has 35 heavy (non-hydrogen) atoms. The fourth-order valence-corrected chi connectivity index (χ4v) is 4.20. The number of aromatic nitrogens is 1. The Kier molecular flexibility index (Phi) is 8.32. The summed E-state index contributed by atoms with van der Waals surface area (Å²) < 4.78 is 0. The molecule has 0 spiro atoms. The second-order valence-corrected chi connectivity index (χ2v) is 8.39. The van der Waals surface area contributed by atoms with Gasteiger partial charge < -0.3 is 30.5 Å². The highest BCUT2D eigenvalue weighted by Crippen LogP contribution is 2.38. The quantitative estimate of drug-likeness (QED) is 0.369. The van der Waals surface area contributed by atoms with E-state index in [0.717, 1.165) is 0 Å². The van der Waals surface area contributed by atoms with E-state index >= 15 is 0 Å². The van der Waals surface area contributed by atoms with Gasteiger partial charge in [-0.25, -0.2) is 9.78 Å². The predicted molar refractivity (Wildman–Crippen MR) is 128 cm³/mol. The fourth-order valence-electron chi connectivity index (χ4n) is 4.20. The van der Waals surface area contributed by atoms with Crippen molar-refractivity contribution in [3.05, 3.63) is 65.5 Å². The zero-order chi connectivity index (χ0) is 25.5. The van der Waals surface area contributed by atoms with Gasteiger partial charge in [-0.3, -0.25) is 9.59 Å². The van der Waals surface area contributed by atoms with Crippen LogP contribution in [0.25, 0.3) is 5.57 Å². The van der Waals surface area contributed by atoms with Gasteiger partial charge in [-0.15, -0.1) is 0 Å². The first-order chi connectivity index (χ1) is 16.7. The highest BCUT2D eigenvalue weighted by atomic mass is 16.4. The first-order valence-electron chi connectivity index (χ1n) is 11.1. The van der Waals surface area contributed by atoms with E-state index in [4.69, 9.17) is 0 Å². The number of hydrogen-bond acceptors (Lipinski definition) is 7. The van der Waals surface area contributed by atoms with Crippen LogP contribution in [0.3, 0.4) is 0 Å². The number of carbonyl (C=O) groups is 4. The van der Waals surface area contributed by atoms with Gasteiger partial charge in [0.2, 0.25) is 11.8 Å². The molecule has 1 aromatic heterocycles. The Labute approximate surface area is 202 Å². The molecule has 0 aliphatic carbocycles. The number of carbonyl (C=O) groups excluding carboxylic acids is 3. The van der Waals surface area contributed by atoms with E-state index in [1.165, 1.54) is 11.8 Å². The number of amides is 2. The first-order valence-corrected chi connectivity index (χ1v) is 11.1. The third-order valence-electron chi connectivity index (χ3n) is 5.93. The lowest BCUT2D eigenvalue weighted by molar-refractivity contribution is -0.135. The molecule has 0 bridgehead atoms. The van der Waals surface area contributed by atoms with Gasteiger partial charge in [-0.05, 0) is 42.2 Å². The van der Waals surface area contributed by atoms with Crippen LogP contribution in [0.4, 0.5) is 5.82 Å². The Bertz CT molecular complexity index is 1130. The van der Waals surface area contributed by atoms with Crippen molar-refractivity contribution in [1.82, 2.24) is 15.2 Å². The van der Waals surface area contributed by atoms with Crippen LogP contribution in [-0.4, -0.2) is 69.9 Å². The number of aliphatic hydroxyl groups excluding tert-OH is 1. The first kappa shape index (κ1) is 25.6. The molecule has 0 unspecified atom stereocenters. The van der Waals surface area contributed by atoms with E-state index in [2.05, 4.69) is 15.6 Å². The second-order valence-electron chi connectivity index (χ2n) is 8.39. The van der Waals surface area contributed by atoms with Gasteiger partial charge in [0, 0.05) is 19.3 Å². The summed E-state index contributed by atoms with van der Waals surface area (Å²) in [5.74, 6) is -2.29. The summed E-state index contributed by atoms with van der Waals surface area (Å²) in [5.41, 5.74) is 1.82. The number of benzene rings is 1. The lowest BCUT2D eigenvalue weighted by Crippen LogP contribution is -2.40. The summed E-state index contributed by atoms with van der Waals surface area (Å²) in [5, 5.41) is 24.9. The van der Waals surface area contributed by atoms with Crippen LogP contribution in [0.2, 0.25) is 0 Å². The molecule has 184 valence electrons. The van der Waals surface area contributed by atoms with E-state index in [9.17, 15) is 29.4 Å². The average Bonchev–Trinajstić information content (AvgIpc) is 3.16. The number of rotatable bonds is 10. The maximum absolute atomic E-state index is 12.4. The number of pyridine rings is 1. The monoisotopic (exact) mass is 480 g/mol. The van der Waals surface area contributed by atoms with Gasteiger partial charge in [0.25, 0.3) is 0 Å². The normalized spacial score (nSPS) is 17.0. The molecule has 3 rings (SSSR count). The van der Waals surface area contributed by atoms with Gasteiger partial charge in [0.15, 0.2) is 0 Å². The van der Waals surface area contributed by atoms with Crippen LogP contribution in [-0.2, 0) is 25.6 Å². The maximum atomic E-state index is 12.4. The number of carboxylic acid groups (broad SMARTS) is 1. The molecule has 0 radical (unpaired) electrons. The van der Waals surface area contributed by atoms with Gasteiger partial charge >= 0.3 is 5.97 Å². The number of nitrogens with one attached hydrogen (secondary N) is 2. The van der Waals surface area contributed by atoms with Crippen molar-refractivity contribution < 1.29 is 29.4 Å². The molecule has 10 nitrogen and oxygen atoms in total. The zero-order valence-electron chi connectivity index (χ0n) is 19.5. The van der Waals surface area contributed by atoms with Crippen LogP contribution in [0.1, 0.15) is 24.5 Å². The Balaban J connectivity index is 1.69. The topological polar surface area (TPSA) is 149 Å². The highest BCUT2D eigenvalue weighted by molar-refractivity contribution is 5.98. The van der Waals surface area contributed by atoms with Crippen LogP contribution >= 0.6 is 0 Å². The molecule has 0 fully saturated rings. The van der Waals surface area contributed by atoms with Crippen molar-refractivity contribution in [3.63, 3.8) is 0 Å². The molecular formula is C25H28N4O6. The highest BCUT2D eigenvalue weighted by Gasteiger charge is 2.39. The van der Waals surface area contributed by atoms with Crippen LogP contribution < -0.4 is 10.6 Å². The standard InChI is InChI=1S/C25H28N4O6/c1-15(31)19(14-30)20-12-18(24(25(34)35)29(20)2)17-7-5-6-16(10-17)11-22(32)27-13-23(33)28-21-8-3-4-9-26-21/h3-10,14-15,19-20,31H,11-13H2,1-2H3,(H,27,32)(H,34,35)(H,26,28,33)/t15-,19-,20-/m1/s1. The molecule has 10 heteroatoms. The van der Waals surface area contributed by atoms with E-state index < -0.39 is 29.9 Å². The smallest absolute Gasteiger partial charge is 0.352 e. The van der Waals surface area contributed by atoms with Crippen LogP contribution in [0.15, 0.2) is 54.4 Å². The molecular weight excluding hydrogens is 452 g/mol. The number of likely N-dealkylation sites (N-methyl/N-ethyl adjacent to an activating group) is 1. The summed E-state index contributed by atoms with van der Waals surface area (Å²) in [6.45, 7) is 1.28.